The van der Waals surface area contributed by atoms with Crippen molar-refractivity contribution in [3.8, 4) is 0 Å². The van der Waals surface area contributed by atoms with E-state index in [1.54, 1.807) is 0 Å². The Bertz CT molecular complexity index is 419. The number of ether oxygens (including phenoxy) is 1. The molecule has 0 unspecified atom stereocenters. The van der Waals surface area contributed by atoms with Crippen LogP contribution in [0.1, 0.15) is 116 Å². The predicted molar refractivity (Wildman–Crippen MR) is 126 cm³/mol. The quantitative estimate of drug-likeness (QED) is 0.116. The van der Waals surface area contributed by atoms with E-state index in [4.69, 9.17) is 9.84 Å². The molecule has 192 valence electrons. The Kier molecular flexibility index (Phi) is 21.6. The molecule has 0 amide bonds. The second kappa shape index (κ2) is 22.1. The van der Waals surface area contributed by atoms with Crippen molar-refractivity contribution >= 4 is 5.97 Å². The minimum absolute atomic E-state index is 0.181. The van der Waals surface area contributed by atoms with Gasteiger partial charge in [0, 0.05) is 6.42 Å². The molecule has 0 aromatic rings. The number of carbonyl (C=O) groups excluding carboxylic acids is 1. The largest absolute Gasteiger partial charge is 0.457 e. The van der Waals surface area contributed by atoms with Gasteiger partial charge in [-0.05, 0) is 6.42 Å². The van der Waals surface area contributed by atoms with Crippen molar-refractivity contribution in [1.29, 1.82) is 0 Å². The van der Waals surface area contributed by atoms with Gasteiger partial charge in [0.15, 0.2) is 6.10 Å². The molecule has 0 rings (SSSR count). The maximum absolute atomic E-state index is 11.9. The highest BCUT2D eigenvalue weighted by molar-refractivity contribution is 5.69. The third-order valence-corrected chi connectivity index (χ3v) is 6.01. The van der Waals surface area contributed by atoms with E-state index >= 15 is 0 Å². The van der Waals surface area contributed by atoms with Crippen LogP contribution >= 0.6 is 0 Å². The Morgan fingerprint density at radius 3 is 1.41 bits per heavy atom. The lowest BCUT2D eigenvalue weighted by atomic mass is 10.0. The van der Waals surface area contributed by atoms with Crippen LogP contribution < -0.4 is 0 Å². The number of unbranched alkanes of at least 4 members (excludes halogenated alkanes) is 15. The van der Waals surface area contributed by atoms with Crippen LogP contribution in [0.15, 0.2) is 0 Å². The minimum atomic E-state index is -1.71. The van der Waals surface area contributed by atoms with E-state index in [1.807, 2.05) is 0 Å². The average Bonchev–Trinajstić information content (AvgIpc) is 2.80. The summed E-state index contributed by atoms with van der Waals surface area (Å²) in [6.45, 7) is 0.827. The number of carbonyl (C=O) groups is 1. The number of hydrogen-bond acceptors (Lipinski definition) is 7. The van der Waals surface area contributed by atoms with Crippen molar-refractivity contribution in [3.05, 3.63) is 0 Å². The Morgan fingerprint density at radius 1 is 0.625 bits per heavy atom. The zero-order chi connectivity index (χ0) is 24.0. The van der Waals surface area contributed by atoms with Crippen molar-refractivity contribution < 1.29 is 35.1 Å². The highest BCUT2D eigenvalue weighted by atomic mass is 16.6. The summed E-state index contributed by atoms with van der Waals surface area (Å²) in [6.07, 6.45) is 13.9. The Hall–Kier alpha value is -0.730. The molecule has 0 heterocycles. The smallest absolute Gasteiger partial charge is 0.306 e. The fourth-order valence-corrected chi connectivity index (χ4v) is 3.82. The molecule has 32 heavy (non-hydrogen) atoms. The lowest BCUT2D eigenvalue weighted by molar-refractivity contribution is -0.171. The first kappa shape index (κ1) is 31.3. The van der Waals surface area contributed by atoms with Crippen LogP contribution in [0.25, 0.3) is 0 Å². The fourth-order valence-electron chi connectivity index (χ4n) is 3.82. The lowest BCUT2D eigenvalue weighted by Crippen LogP contribution is -2.48. The minimum Gasteiger partial charge on any atom is -0.457 e. The van der Waals surface area contributed by atoms with Gasteiger partial charge in [-0.1, -0.05) is 103 Å². The third kappa shape index (κ3) is 16.8. The number of aliphatic hydroxyl groups excluding tert-OH is 5. The van der Waals surface area contributed by atoms with Gasteiger partial charge in [-0.25, -0.2) is 0 Å². The summed E-state index contributed by atoms with van der Waals surface area (Å²) < 4.78 is 5.01. The van der Waals surface area contributed by atoms with Gasteiger partial charge in [0.25, 0.3) is 0 Å². The van der Waals surface area contributed by atoms with Gasteiger partial charge in [-0.3, -0.25) is 4.79 Å². The Morgan fingerprint density at radius 2 is 1.03 bits per heavy atom. The summed E-state index contributed by atoms with van der Waals surface area (Å²) in [5.74, 6) is -0.556. The van der Waals surface area contributed by atoms with Crippen LogP contribution in [0.2, 0.25) is 0 Å². The number of aliphatic hydroxyl groups is 5. The van der Waals surface area contributed by atoms with Crippen LogP contribution in [0.5, 0.6) is 0 Å². The van der Waals surface area contributed by atoms with Crippen molar-refractivity contribution in [3.63, 3.8) is 0 Å². The van der Waals surface area contributed by atoms with Crippen molar-refractivity contribution in [2.45, 2.75) is 140 Å². The Balaban J connectivity index is 3.57. The molecule has 7 nitrogen and oxygen atoms in total. The van der Waals surface area contributed by atoms with Crippen LogP contribution in [-0.4, -0.2) is 69.1 Å². The number of rotatable bonds is 23. The van der Waals surface area contributed by atoms with Crippen LogP contribution in [0, 0.1) is 0 Å². The van der Waals surface area contributed by atoms with E-state index in [0.29, 0.717) is 6.42 Å². The topological polar surface area (TPSA) is 127 Å². The maximum Gasteiger partial charge on any atom is 0.306 e. The van der Waals surface area contributed by atoms with Gasteiger partial charge in [-0.15, -0.1) is 0 Å². The maximum atomic E-state index is 11.9. The van der Waals surface area contributed by atoms with Gasteiger partial charge in [0.1, 0.15) is 18.3 Å². The molecule has 0 saturated carbocycles. The van der Waals surface area contributed by atoms with Gasteiger partial charge in [-0.2, -0.15) is 0 Å². The molecule has 7 heteroatoms. The predicted octanol–water partition coefficient (Wildman–Crippen LogP) is 3.62. The molecule has 0 aliphatic carbocycles. The summed E-state index contributed by atoms with van der Waals surface area (Å²) in [5, 5.41) is 47.0. The molecule has 0 bridgehead atoms. The van der Waals surface area contributed by atoms with Gasteiger partial charge < -0.3 is 30.3 Å². The van der Waals surface area contributed by atoms with Crippen LogP contribution in [-0.2, 0) is 9.53 Å². The van der Waals surface area contributed by atoms with Crippen LogP contribution in [0.4, 0.5) is 0 Å². The number of hydrogen-bond donors (Lipinski definition) is 5. The van der Waals surface area contributed by atoms with Crippen molar-refractivity contribution in [2.75, 3.05) is 13.2 Å². The average molecular weight is 463 g/mol. The van der Waals surface area contributed by atoms with E-state index in [2.05, 4.69) is 6.92 Å². The first-order valence-electron chi connectivity index (χ1n) is 12.9. The third-order valence-electron chi connectivity index (χ3n) is 6.01. The standard InChI is InChI=1S/C25H50O7/c1-2-3-4-5-6-7-8-9-10-11-12-13-14-15-16-17-18-23(29)32-22(20-27)25(31)24(30)21(28)19-26/h21-22,24-28,30-31H,2-20H2,1H3/t21-,22-,24-,25-/m1/s1. The molecule has 0 spiro atoms. The van der Waals surface area contributed by atoms with Gasteiger partial charge >= 0.3 is 5.97 Å². The van der Waals surface area contributed by atoms with Gasteiger partial charge in [0.2, 0.25) is 0 Å². The lowest BCUT2D eigenvalue weighted by Gasteiger charge is -2.27. The summed E-state index contributed by atoms with van der Waals surface area (Å²) in [7, 11) is 0. The van der Waals surface area contributed by atoms with Crippen molar-refractivity contribution in [1.82, 2.24) is 0 Å². The second-order valence-corrected chi connectivity index (χ2v) is 9.00. The molecule has 0 radical (unpaired) electrons. The normalized spacial score (nSPS) is 15.3. The monoisotopic (exact) mass is 462 g/mol. The molecule has 0 saturated heterocycles. The molecular formula is C25H50O7. The Labute approximate surface area is 195 Å². The SMILES string of the molecule is CCCCCCCCCCCCCCCCCCC(=O)O[C@H](CO)[C@@H](O)[C@H](O)[C@H](O)CO. The van der Waals surface area contributed by atoms with Gasteiger partial charge in [0.05, 0.1) is 13.2 Å². The highest BCUT2D eigenvalue weighted by Crippen LogP contribution is 2.15. The summed E-state index contributed by atoms with van der Waals surface area (Å²) in [5.41, 5.74) is 0. The molecule has 5 N–H and O–H groups in total. The molecular weight excluding hydrogens is 412 g/mol. The second-order valence-electron chi connectivity index (χ2n) is 9.00. The zero-order valence-electron chi connectivity index (χ0n) is 20.3. The first-order chi connectivity index (χ1) is 15.5. The van der Waals surface area contributed by atoms with Crippen molar-refractivity contribution in [2.24, 2.45) is 0 Å². The molecule has 0 aromatic heterocycles. The first-order valence-corrected chi connectivity index (χ1v) is 12.9. The highest BCUT2D eigenvalue weighted by Gasteiger charge is 2.33. The molecule has 0 aromatic carbocycles. The molecule has 0 aliphatic rings. The van der Waals surface area contributed by atoms with E-state index in [0.717, 1.165) is 19.3 Å². The van der Waals surface area contributed by atoms with Crippen LogP contribution in [0.3, 0.4) is 0 Å². The molecule has 4 atom stereocenters. The number of esters is 1. The van der Waals surface area contributed by atoms with E-state index in [-0.39, 0.29) is 6.42 Å². The molecule has 0 aliphatic heterocycles. The zero-order valence-corrected chi connectivity index (χ0v) is 20.3. The van der Waals surface area contributed by atoms with E-state index in [1.165, 1.54) is 77.0 Å². The molecule has 0 fully saturated rings. The van der Waals surface area contributed by atoms with E-state index < -0.39 is 43.6 Å². The summed E-state index contributed by atoms with van der Waals surface area (Å²) >= 11 is 0. The summed E-state index contributed by atoms with van der Waals surface area (Å²) in [4.78, 5) is 11.9. The summed E-state index contributed by atoms with van der Waals surface area (Å²) in [6, 6.07) is 0. The fraction of sp³-hybridized carbons (Fsp3) is 0.960. The van der Waals surface area contributed by atoms with E-state index in [9.17, 15) is 25.2 Å².